The number of benzene rings is 3. The van der Waals surface area contributed by atoms with Crippen molar-refractivity contribution in [1.82, 2.24) is 14.5 Å². The number of aromatic nitrogens is 2. The molecule has 0 saturated heterocycles. The fourth-order valence-corrected chi connectivity index (χ4v) is 5.04. The highest BCUT2D eigenvalue weighted by Crippen LogP contribution is 2.35. The number of aromatic carboxylic acids is 1. The second-order valence-electron chi connectivity index (χ2n) is 9.77. The van der Waals surface area contributed by atoms with Gasteiger partial charge in [-0.3, -0.25) is 4.57 Å². The van der Waals surface area contributed by atoms with Gasteiger partial charge >= 0.3 is 5.97 Å². The monoisotopic (exact) mass is 513 g/mol. The highest BCUT2D eigenvalue weighted by atomic mass is 16.5. The van der Waals surface area contributed by atoms with Crippen molar-refractivity contribution in [2.75, 3.05) is 26.2 Å². The Morgan fingerprint density at radius 3 is 2.42 bits per heavy atom. The highest BCUT2D eigenvalue weighted by Gasteiger charge is 2.20. The lowest BCUT2D eigenvalue weighted by Gasteiger charge is -2.19. The van der Waals surface area contributed by atoms with E-state index in [-0.39, 0.29) is 0 Å². The van der Waals surface area contributed by atoms with E-state index in [2.05, 4.69) is 61.4 Å². The number of nitrogens with zero attached hydrogens (tertiary/aromatic N) is 3. The topological polar surface area (TPSA) is 67.6 Å². The predicted molar refractivity (Wildman–Crippen MR) is 155 cm³/mol. The van der Waals surface area contributed by atoms with Gasteiger partial charge in [-0.2, -0.15) is 0 Å². The summed E-state index contributed by atoms with van der Waals surface area (Å²) in [7, 11) is 0. The molecule has 1 heterocycles. The van der Waals surface area contributed by atoms with E-state index < -0.39 is 5.97 Å². The van der Waals surface area contributed by atoms with Crippen LogP contribution < -0.4 is 4.74 Å². The van der Waals surface area contributed by atoms with Crippen LogP contribution in [-0.4, -0.2) is 51.8 Å². The van der Waals surface area contributed by atoms with Gasteiger partial charge < -0.3 is 14.7 Å². The minimum absolute atomic E-state index is 0.305. The third-order valence-corrected chi connectivity index (χ3v) is 7.27. The number of imidazole rings is 1. The van der Waals surface area contributed by atoms with E-state index in [1.54, 1.807) is 12.1 Å². The summed E-state index contributed by atoms with van der Waals surface area (Å²) in [5.41, 5.74) is 7.04. The molecule has 0 spiro atoms. The number of unbranched alkanes of at least 4 members (excludes halogenated alkanes) is 1. The number of ether oxygens (including phenoxy) is 1. The van der Waals surface area contributed by atoms with Gasteiger partial charge in [0.05, 0.1) is 11.1 Å². The van der Waals surface area contributed by atoms with Crippen LogP contribution in [0.1, 0.15) is 60.9 Å². The molecule has 0 amide bonds. The van der Waals surface area contributed by atoms with Crippen molar-refractivity contribution in [3.8, 4) is 22.6 Å². The molecule has 0 bridgehead atoms. The Balaban J connectivity index is 1.83. The van der Waals surface area contributed by atoms with Crippen molar-refractivity contribution in [2.24, 2.45) is 0 Å². The zero-order valence-corrected chi connectivity index (χ0v) is 23.3. The standard InChI is InChI=1S/C32H39N3O3/c1-6-9-14-29-33-30-22(4)15-18-28(38-20-19-34(7-2)8-3)31(30)35(29)24-16-17-25(23(5)21-24)26-12-10-11-13-27(26)32(36)37/h10-13,15-18,21H,6-9,14,19-20H2,1-5H3,(H,36,37). The number of hydrogen-bond acceptors (Lipinski definition) is 4. The van der Waals surface area contributed by atoms with Crippen LogP contribution in [0.5, 0.6) is 5.75 Å². The first kappa shape index (κ1) is 27.4. The molecule has 4 aromatic rings. The van der Waals surface area contributed by atoms with E-state index >= 15 is 0 Å². The molecule has 6 heteroatoms. The van der Waals surface area contributed by atoms with Crippen molar-refractivity contribution in [3.05, 3.63) is 77.1 Å². The number of carboxylic acids is 1. The molecule has 0 radical (unpaired) electrons. The van der Waals surface area contributed by atoms with E-state index in [0.717, 1.165) is 89.4 Å². The fourth-order valence-electron chi connectivity index (χ4n) is 5.04. The molecule has 0 aliphatic carbocycles. The molecule has 1 N–H and O–H groups in total. The summed E-state index contributed by atoms with van der Waals surface area (Å²) in [6.07, 6.45) is 3.00. The zero-order valence-electron chi connectivity index (χ0n) is 23.3. The molecule has 4 rings (SSSR count). The molecule has 200 valence electrons. The molecule has 0 atom stereocenters. The molecule has 0 fully saturated rings. The van der Waals surface area contributed by atoms with E-state index in [1.165, 1.54) is 0 Å². The summed E-state index contributed by atoms with van der Waals surface area (Å²) in [5.74, 6) is 0.933. The third kappa shape index (κ3) is 5.60. The molecule has 0 unspecified atom stereocenters. The minimum Gasteiger partial charge on any atom is -0.490 e. The van der Waals surface area contributed by atoms with Crippen LogP contribution in [-0.2, 0) is 6.42 Å². The molecular formula is C32H39N3O3. The van der Waals surface area contributed by atoms with Crippen LogP contribution in [0.15, 0.2) is 54.6 Å². The first-order chi connectivity index (χ1) is 18.4. The Hall–Kier alpha value is -3.64. The van der Waals surface area contributed by atoms with Crippen molar-refractivity contribution in [3.63, 3.8) is 0 Å². The van der Waals surface area contributed by atoms with Gasteiger partial charge in [-0.1, -0.05) is 57.5 Å². The SMILES string of the molecule is CCCCc1nc2c(C)ccc(OCCN(CC)CC)c2n1-c1ccc(-c2ccccc2C(=O)O)c(C)c1. The summed E-state index contributed by atoms with van der Waals surface area (Å²) < 4.78 is 8.63. The Kier molecular flexibility index (Phi) is 8.85. The number of aryl methyl sites for hydroxylation is 3. The van der Waals surface area contributed by atoms with Crippen molar-refractivity contribution in [2.45, 2.75) is 53.9 Å². The summed E-state index contributed by atoms with van der Waals surface area (Å²) >= 11 is 0. The van der Waals surface area contributed by atoms with Gasteiger partial charge in [-0.25, -0.2) is 9.78 Å². The maximum Gasteiger partial charge on any atom is 0.336 e. The van der Waals surface area contributed by atoms with Crippen LogP contribution in [0.2, 0.25) is 0 Å². The average molecular weight is 514 g/mol. The Morgan fingerprint density at radius 1 is 0.974 bits per heavy atom. The number of hydrogen-bond donors (Lipinski definition) is 1. The fraction of sp³-hybridized carbons (Fsp3) is 0.375. The van der Waals surface area contributed by atoms with E-state index in [1.807, 2.05) is 25.1 Å². The average Bonchev–Trinajstić information content (AvgIpc) is 3.31. The molecule has 6 nitrogen and oxygen atoms in total. The summed E-state index contributed by atoms with van der Waals surface area (Å²) in [5, 5.41) is 9.72. The second kappa shape index (κ2) is 12.3. The second-order valence-corrected chi connectivity index (χ2v) is 9.77. The molecule has 0 aliphatic rings. The van der Waals surface area contributed by atoms with Crippen molar-refractivity contribution < 1.29 is 14.6 Å². The quantitative estimate of drug-likeness (QED) is 0.219. The lowest BCUT2D eigenvalue weighted by molar-refractivity contribution is 0.0697. The van der Waals surface area contributed by atoms with E-state index in [4.69, 9.17) is 9.72 Å². The van der Waals surface area contributed by atoms with Crippen LogP contribution in [0, 0.1) is 13.8 Å². The van der Waals surface area contributed by atoms with Crippen LogP contribution in [0.4, 0.5) is 0 Å². The third-order valence-electron chi connectivity index (χ3n) is 7.27. The Bertz CT molecular complexity index is 1420. The number of carboxylic acid groups (broad SMARTS) is 1. The number of likely N-dealkylation sites (N-methyl/N-ethyl adjacent to an activating group) is 1. The zero-order chi connectivity index (χ0) is 27.2. The van der Waals surface area contributed by atoms with E-state index in [0.29, 0.717) is 12.2 Å². The van der Waals surface area contributed by atoms with Gasteiger partial charge in [-0.05, 0) is 79.9 Å². The summed E-state index contributed by atoms with van der Waals surface area (Å²) in [6.45, 7) is 14.1. The van der Waals surface area contributed by atoms with Gasteiger partial charge in [-0.15, -0.1) is 0 Å². The van der Waals surface area contributed by atoms with Crippen molar-refractivity contribution >= 4 is 17.0 Å². The molecule has 0 saturated carbocycles. The lowest BCUT2D eigenvalue weighted by atomic mass is 9.95. The van der Waals surface area contributed by atoms with Gasteiger partial charge in [0.1, 0.15) is 23.7 Å². The molecule has 0 aliphatic heterocycles. The van der Waals surface area contributed by atoms with Gasteiger partial charge in [0.15, 0.2) is 0 Å². The minimum atomic E-state index is -0.923. The smallest absolute Gasteiger partial charge is 0.336 e. The van der Waals surface area contributed by atoms with E-state index in [9.17, 15) is 9.90 Å². The summed E-state index contributed by atoms with van der Waals surface area (Å²) in [4.78, 5) is 19.3. The predicted octanol–water partition coefficient (Wildman–Crippen LogP) is 7.07. The summed E-state index contributed by atoms with van der Waals surface area (Å²) in [6, 6.07) is 17.5. The Labute approximate surface area is 225 Å². The number of carbonyl (C=O) groups is 1. The first-order valence-electron chi connectivity index (χ1n) is 13.7. The molecule has 1 aromatic heterocycles. The molecular weight excluding hydrogens is 474 g/mol. The van der Waals surface area contributed by atoms with Crippen molar-refractivity contribution in [1.29, 1.82) is 0 Å². The molecule has 38 heavy (non-hydrogen) atoms. The maximum absolute atomic E-state index is 11.9. The van der Waals surface area contributed by atoms with Crippen LogP contribution in [0.25, 0.3) is 27.8 Å². The normalized spacial score (nSPS) is 11.4. The maximum atomic E-state index is 11.9. The van der Waals surface area contributed by atoms with Gasteiger partial charge in [0, 0.05) is 18.7 Å². The Morgan fingerprint density at radius 2 is 1.74 bits per heavy atom. The number of fused-ring (bicyclic) bond motifs is 1. The lowest BCUT2D eigenvalue weighted by Crippen LogP contribution is -2.28. The largest absolute Gasteiger partial charge is 0.490 e. The van der Waals surface area contributed by atoms with Gasteiger partial charge in [0.25, 0.3) is 0 Å². The first-order valence-corrected chi connectivity index (χ1v) is 13.7. The van der Waals surface area contributed by atoms with Crippen LogP contribution in [0.3, 0.4) is 0 Å². The number of rotatable bonds is 12. The highest BCUT2D eigenvalue weighted by molar-refractivity contribution is 5.96. The molecule has 3 aromatic carbocycles. The van der Waals surface area contributed by atoms with Gasteiger partial charge in [0.2, 0.25) is 0 Å². The van der Waals surface area contributed by atoms with Crippen LogP contribution >= 0.6 is 0 Å².